The van der Waals surface area contributed by atoms with Crippen molar-refractivity contribution >= 4 is 35.8 Å². The second-order valence-electron chi connectivity index (χ2n) is 4.95. The van der Waals surface area contributed by atoms with Gasteiger partial charge in [0.25, 0.3) is 0 Å². The predicted octanol–water partition coefficient (Wildman–Crippen LogP) is -0.248. The van der Waals surface area contributed by atoms with Gasteiger partial charge < -0.3 is 16.0 Å². The third-order valence-corrected chi connectivity index (χ3v) is 3.54. The maximum atomic E-state index is 11.2. The molecular weight excluding hydrogens is 357 g/mol. The van der Waals surface area contributed by atoms with Crippen molar-refractivity contribution in [2.24, 2.45) is 4.99 Å². The average Bonchev–Trinajstić information content (AvgIpc) is 3.14. The second kappa shape index (κ2) is 7.88. The van der Waals surface area contributed by atoms with Gasteiger partial charge in [-0.15, -0.1) is 24.0 Å². The van der Waals surface area contributed by atoms with Gasteiger partial charge in [-0.3, -0.25) is 14.7 Å². The maximum absolute atomic E-state index is 11.2. The Morgan fingerprint density at radius 3 is 2.68 bits per heavy atom. The van der Waals surface area contributed by atoms with Gasteiger partial charge in [-0.1, -0.05) is 0 Å². The third-order valence-electron chi connectivity index (χ3n) is 3.54. The predicted molar refractivity (Wildman–Crippen MR) is 87.0 cm³/mol. The molecule has 110 valence electrons. The van der Waals surface area contributed by atoms with E-state index >= 15 is 0 Å². The van der Waals surface area contributed by atoms with Crippen LogP contribution in [0, 0.1) is 0 Å². The normalized spacial score (nSPS) is 23.7. The lowest BCUT2D eigenvalue weighted by molar-refractivity contribution is -0.119. The highest BCUT2D eigenvalue weighted by Crippen LogP contribution is 2.29. The molecule has 1 aliphatic heterocycles. The molecule has 2 rings (SSSR count). The van der Waals surface area contributed by atoms with E-state index in [1.165, 1.54) is 19.4 Å². The van der Waals surface area contributed by atoms with Crippen LogP contribution >= 0.6 is 24.0 Å². The van der Waals surface area contributed by atoms with Crippen molar-refractivity contribution in [2.75, 3.05) is 33.7 Å². The molecule has 0 aromatic rings. The Labute approximate surface area is 131 Å². The minimum Gasteiger partial charge on any atom is -0.358 e. The van der Waals surface area contributed by atoms with E-state index in [1.807, 2.05) is 0 Å². The van der Waals surface area contributed by atoms with Crippen molar-refractivity contribution < 1.29 is 4.79 Å². The number of guanidine groups is 1. The van der Waals surface area contributed by atoms with E-state index in [2.05, 4.69) is 25.8 Å². The van der Waals surface area contributed by atoms with Crippen molar-refractivity contribution in [1.29, 1.82) is 0 Å². The topological polar surface area (TPSA) is 68.8 Å². The zero-order valence-corrected chi connectivity index (χ0v) is 13.9. The fraction of sp³-hybridized carbons (Fsp3) is 0.833. The lowest BCUT2D eigenvalue weighted by Crippen LogP contribution is -2.47. The Kier molecular flexibility index (Phi) is 6.84. The summed E-state index contributed by atoms with van der Waals surface area (Å²) in [6.07, 6.45) is 3.86. The van der Waals surface area contributed by atoms with Crippen LogP contribution < -0.4 is 16.0 Å². The van der Waals surface area contributed by atoms with Crippen molar-refractivity contribution in [3.8, 4) is 0 Å². The van der Waals surface area contributed by atoms with Gasteiger partial charge in [-0.25, -0.2) is 0 Å². The summed E-state index contributed by atoms with van der Waals surface area (Å²) in [5.41, 5.74) is 0. The van der Waals surface area contributed by atoms with Crippen LogP contribution in [-0.4, -0.2) is 62.6 Å². The molecular formula is C12H24IN5O. The number of hydrogen-bond donors (Lipinski definition) is 3. The van der Waals surface area contributed by atoms with Gasteiger partial charge in [0.15, 0.2) is 5.96 Å². The number of likely N-dealkylation sites (N-methyl/N-ethyl adjacent to an activating group) is 1. The molecule has 0 radical (unpaired) electrons. The standard InChI is InChI=1S/C12H23N5O.HI/c1-13-11(18)7-15-12(14-2)16-9-5-6-17(8-9)10-3-4-10;/h9-10H,3-8H2,1-2H3,(H,13,18)(H2,14,15,16);1H. The van der Waals surface area contributed by atoms with E-state index in [0.717, 1.165) is 19.0 Å². The fourth-order valence-electron chi connectivity index (χ4n) is 2.32. The lowest BCUT2D eigenvalue weighted by atomic mass is 10.3. The quantitative estimate of drug-likeness (QED) is 0.357. The third kappa shape index (κ3) is 5.13. The number of carbonyl (C=O) groups is 1. The number of halogens is 1. The first-order valence-electron chi connectivity index (χ1n) is 6.64. The maximum Gasteiger partial charge on any atom is 0.239 e. The van der Waals surface area contributed by atoms with Crippen LogP contribution in [0.4, 0.5) is 0 Å². The smallest absolute Gasteiger partial charge is 0.239 e. The van der Waals surface area contributed by atoms with Gasteiger partial charge >= 0.3 is 0 Å². The summed E-state index contributed by atoms with van der Waals surface area (Å²) >= 11 is 0. The first-order valence-corrected chi connectivity index (χ1v) is 6.64. The number of nitrogens with one attached hydrogen (secondary N) is 3. The fourth-order valence-corrected chi connectivity index (χ4v) is 2.32. The van der Waals surface area contributed by atoms with Gasteiger partial charge in [-0.2, -0.15) is 0 Å². The molecule has 1 saturated heterocycles. The van der Waals surface area contributed by atoms with E-state index in [9.17, 15) is 4.79 Å². The molecule has 0 aromatic carbocycles. The largest absolute Gasteiger partial charge is 0.358 e. The molecule has 1 amide bonds. The molecule has 6 nitrogen and oxygen atoms in total. The zero-order valence-electron chi connectivity index (χ0n) is 11.6. The highest BCUT2D eigenvalue weighted by atomic mass is 127. The Morgan fingerprint density at radius 2 is 2.11 bits per heavy atom. The minimum absolute atomic E-state index is 0. The van der Waals surface area contributed by atoms with Gasteiger partial charge in [0.05, 0.1) is 6.54 Å². The molecule has 2 aliphatic rings. The van der Waals surface area contributed by atoms with E-state index < -0.39 is 0 Å². The van der Waals surface area contributed by atoms with E-state index in [4.69, 9.17) is 0 Å². The van der Waals surface area contributed by atoms with E-state index in [0.29, 0.717) is 12.0 Å². The van der Waals surface area contributed by atoms with E-state index in [1.54, 1.807) is 14.1 Å². The number of rotatable bonds is 4. The highest BCUT2D eigenvalue weighted by Gasteiger charge is 2.34. The van der Waals surface area contributed by atoms with Gasteiger partial charge in [0, 0.05) is 39.3 Å². The molecule has 19 heavy (non-hydrogen) atoms. The number of likely N-dealkylation sites (tertiary alicyclic amines) is 1. The van der Waals surface area contributed by atoms with E-state index in [-0.39, 0.29) is 36.4 Å². The molecule has 2 fully saturated rings. The number of hydrogen-bond acceptors (Lipinski definition) is 3. The monoisotopic (exact) mass is 381 g/mol. The molecule has 3 N–H and O–H groups in total. The molecule has 1 unspecified atom stereocenters. The molecule has 0 aromatic heterocycles. The molecule has 1 aliphatic carbocycles. The van der Waals surface area contributed by atoms with Crippen molar-refractivity contribution in [3.05, 3.63) is 0 Å². The van der Waals surface area contributed by atoms with Gasteiger partial charge in [0.2, 0.25) is 5.91 Å². The summed E-state index contributed by atoms with van der Waals surface area (Å²) in [6, 6.07) is 1.28. The molecule has 7 heteroatoms. The first kappa shape index (κ1) is 16.5. The number of nitrogens with zero attached hydrogens (tertiary/aromatic N) is 2. The Balaban J connectivity index is 0.00000180. The van der Waals surface area contributed by atoms with Crippen molar-refractivity contribution in [2.45, 2.75) is 31.3 Å². The van der Waals surface area contributed by atoms with Crippen LogP contribution in [0.3, 0.4) is 0 Å². The summed E-state index contributed by atoms with van der Waals surface area (Å²) in [4.78, 5) is 17.8. The number of amides is 1. The van der Waals surface area contributed by atoms with Crippen LogP contribution in [0.2, 0.25) is 0 Å². The van der Waals surface area contributed by atoms with Gasteiger partial charge in [0.1, 0.15) is 0 Å². The number of carbonyl (C=O) groups excluding carboxylic acids is 1. The highest BCUT2D eigenvalue weighted by molar-refractivity contribution is 14.0. The van der Waals surface area contributed by atoms with Crippen LogP contribution in [0.25, 0.3) is 0 Å². The molecule has 1 heterocycles. The molecule has 1 saturated carbocycles. The number of aliphatic imine (C=N–C) groups is 1. The molecule has 0 bridgehead atoms. The minimum atomic E-state index is -0.0380. The average molecular weight is 381 g/mol. The van der Waals surface area contributed by atoms with Crippen molar-refractivity contribution in [1.82, 2.24) is 20.9 Å². The summed E-state index contributed by atoms with van der Waals surface area (Å²) in [5, 5.41) is 8.97. The molecule has 0 spiro atoms. The molecule has 1 atom stereocenters. The summed E-state index contributed by atoms with van der Waals surface area (Å²) < 4.78 is 0. The van der Waals surface area contributed by atoms with Crippen LogP contribution in [0.5, 0.6) is 0 Å². The second-order valence-corrected chi connectivity index (χ2v) is 4.95. The lowest BCUT2D eigenvalue weighted by Gasteiger charge is -2.18. The summed E-state index contributed by atoms with van der Waals surface area (Å²) in [7, 11) is 3.36. The van der Waals surface area contributed by atoms with Crippen molar-refractivity contribution in [3.63, 3.8) is 0 Å². The van der Waals surface area contributed by atoms with Gasteiger partial charge in [-0.05, 0) is 19.3 Å². The van der Waals surface area contributed by atoms with Crippen LogP contribution in [-0.2, 0) is 4.79 Å². The Bertz CT molecular complexity index is 332. The summed E-state index contributed by atoms with van der Waals surface area (Å²) in [5.74, 6) is 0.672. The van der Waals surface area contributed by atoms with Crippen LogP contribution in [0.15, 0.2) is 4.99 Å². The Morgan fingerprint density at radius 1 is 1.37 bits per heavy atom. The SMILES string of the molecule is CN=C(NCC(=O)NC)NC1CCN(C2CC2)C1.I. The van der Waals surface area contributed by atoms with Crippen LogP contribution in [0.1, 0.15) is 19.3 Å². The summed E-state index contributed by atoms with van der Waals surface area (Å²) in [6.45, 7) is 2.52. The Hall–Kier alpha value is -0.570. The first-order chi connectivity index (χ1) is 8.72. The zero-order chi connectivity index (χ0) is 13.0.